The molecule has 0 unspecified atom stereocenters. The van der Waals surface area contributed by atoms with Crippen molar-refractivity contribution in [1.29, 1.82) is 0 Å². The van der Waals surface area contributed by atoms with Crippen molar-refractivity contribution in [2.75, 3.05) is 32.9 Å². The van der Waals surface area contributed by atoms with Gasteiger partial charge in [-0.15, -0.1) is 0 Å². The highest BCUT2D eigenvalue weighted by molar-refractivity contribution is 9.10. The highest BCUT2D eigenvalue weighted by Crippen LogP contribution is 2.15. The molecule has 1 N–H and O–H groups in total. The van der Waals surface area contributed by atoms with Gasteiger partial charge in [-0.1, -0.05) is 22.9 Å². The van der Waals surface area contributed by atoms with Crippen molar-refractivity contribution in [1.82, 2.24) is 5.32 Å². The molecular weight excluding hydrogens is 294 g/mol. The van der Waals surface area contributed by atoms with Gasteiger partial charge in [0.1, 0.15) is 12.4 Å². The van der Waals surface area contributed by atoms with E-state index in [2.05, 4.69) is 28.2 Å². The molecule has 0 aliphatic heterocycles. The van der Waals surface area contributed by atoms with Crippen LogP contribution >= 0.6 is 15.9 Å². The Labute approximate surface area is 118 Å². The zero-order chi connectivity index (χ0) is 13.1. The van der Waals surface area contributed by atoms with Gasteiger partial charge in [0.15, 0.2) is 0 Å². The van der Waals surface area contributed by atoms with Crippen molar-refractivity contribution >= 4 is 15.9 Å². The summed E-state index contributed by atoms with van der Waals surface area (Å²) in [6.45, 7) is 6.37. The number of hydrogen-bond acceptors (Lipinski definition) is 3. The minimum absolute atomic E-state index is 0.692. The van der Waals surface area contributed by atoms with E-state index in [0.29, 0.717) is 6.61 Å². The predicted molar refractivity (Wildman–Crippen MR) is 78.2 cm³/mol. The highest BCUT2D eigenvalue weighted by atomic mass is 79.9. The molecule has 102 valence electrons. The molecule has 0 amide bonds. The summed E-state index contributed by atoms with van der Waals surface area (Å²) >= 11 is 3.39. The normalized spacial score (nSPS) is 10.6. The van der Waals surface area contributed by atoms with E-state index >= 15 is 0 Å². The third kappa shape index (κ3) is 7.69. The average Bonchev–Trinajstić information content (AvgIpc) is 2.39. The third-order valence-electron chi connectivity index (χ3n) is 2.35. The van der Waals surface area contributed by atoms with Crippen molar-refractivity contribution in [2.24, 2.45) is 0 Å². The SMILES string of the molecule is CCCOCCCNCCOc1ccc(Br)cc1. The second-order valence-corrected chi connectivity index (χ2v) is 4.93. The smallest absolute Gasteiger partial charge is 0.119 e. The van der Waals surface area contributed by atoms with Gasteiger partial charge in [-0.25, -0.2) is 0 Å². The predicted octanol–water partition coefficient (Wildman–Crippen LogP) is 3.23. The molecule has 0 heterocycles. The van der Waals surface area contributed by atoms with E-state index in [9.17, 15) is 0 Å². The summed E-state index contributed by atoms with van der Waals surface area (Å²) in [5.74, 6) is 0.909. The van der Waals surface area contributed by atoms with Gasteiger partial charge in [0.2, 0.25) is 0 Å². The molecule has 0 spiro atoms. The lowest BCUT2D eigenvalue weighted by Crippen LogP contribution is -2.23. The molecule has 1 aromatic carbocycles. The van der Waals surface area contributed by atoms with Gasteiger partial charge in [0.25, 0.3) is 0 Å². The molecule has 0 aromatic heterocycles. The average molecular weight is 316 g/mol. The number of ether oxygens (including phenoxy) is 2. The Morgan fingerprint density at radius 2 is 1.83 bits per heavy atom. The van der Waals surface area contributed by atoms with Crippen LogP contribution < -0.4 is 10.1 Å². The Bertz CT molecular complexity index is 303. The quantitative estimate of drug-likeness (QED) is 0.672. The van der Waals surface area contributed by atoms with Crippen molar-refractivity contribution in [3.05, 3.63) is 28.7 Å². The summed E-state index contributed by atoms with van der Waals surface area (Å²) < 4.78 is 12.1. The van der Waals surface area contributed by atoms with E-state index in [1.165, 1.54) is 0 Å². The molecule has 1 rings (SSSR count). The monoisotopic (exact) mass is 315 g/mol. The molecule has 18 heavy (non-hydrogen) atoms. The maximum Gasteiger partial charge on any atom is 0.119 e. The molecular formula is C14H22BrNO2. The van der Waals surface area contributed by atoms with Crippen LogP contribution in [0.5, 0.6) is 5.75 Å². The van der Waals surface area contributed by atoms with Gasteiger partial charge in [-0.3, -0.25) is 0 Å². The van der Waals surface area contributed by atoms with Crippen LogP contribution in [0.1, 0.15) is 19.8 Å². The first-order valence-electron chi connectivity index (χ1n) is 6.49. The number of rotatable bonds is 10. The van der Waals surface area contributed by atoms with E-state index in [1.807, 2.05) is 24.3 Å². The first-order chi connectivity index (χ1) is 8.83. The van der Waals surface area contributed by atoms with Gasteiger partial charge in [-0.2, -0.15) is 0 Å². The second kappa shape index (κ2) is 10.4. The summed E-state index contributed by atoms with van der Waals surface area (Å²) in [6, 6.07) is 7.88. The minimum Gasteiger partial charge on any atom is -0.492 e. The van der Waals surface area contributed by atoms with E-state index < -0.39 is 0 Å². The van der Waals surface area contributed by atoms with Crippen LogP contribution in [-0.4, -0.2) is 32.9 Å². The molecule has 0 radical (unpaired) electrons. The number of benzene rings is 1. The maximum absolute atomic E-state index is 5.59. The first-order valence-corrected chi connectivity index (χ1v) is 7.29. The fourth-order valence-corrected chi connectivity index (χ4v) is 1.71. The summed E-state index contributed by atoms with van der Waals surface area (Å²) in [5.41, 5.74) is 0. The topological polar surface area (TPSA) is 30.5 Å². The van der Waals surface area contributed by atoms with Gasteiger partial charge >= 0.3 is 0 Å². The third-order valence-corrected chi connectivity index (χ3v) is 2.88. The van der Waals surface area contributed by atoms with Gasteiger partial charge < -0.3 is 14.8 Å². The summed E-state index contributed by atoms with van der Waals surface area (Å²) in [6.07, 6.45) is 2.15. The fourth-order valence-electron chi connectivity index (χ4n) is 1.44. The zero-order valence-electron chi connectivity index (χ0n) is 11.0. The molecule has 0 aliphatic carbocycles. The van der Waals surface area contributed by atoms with Gasteiger partial charge in [-0.05, 0) is 43.7 Å². The Hall–Kier alpha value is -0.580. The van der Waals surface area contributed by atoms with Crippen LogP contribution in [0.25, 0.3) is 0 Å². The second-order valence-electron chi connectivity index (χ2n) is 4.02. The standard InChI is InChI=1S/C14H22BrNO2/c1-2-10-17-11-3-8-16-9-12-18-14-6-4-13(15)5-7-14/h4-7,16H,2-3,8-12H2,1H3. The molecule has 0 aliphatic rings. The van der Waals surface area contributed by atoms with Crippen LogP contribution in [0, 0.1) is 0 Å². The highest BCUT2D eigenvalue weighted by Gasteiger charge is 1.93. The molecule has 1 aromatic rings. The van der Waals surface area contributed by atoms with E-state index in [-0.39, 0.29) is 0 Å². The lowest BCUT2D eigenvalue weighted by Gasteiger charge is -2.07. The summed E-state index contributed by atoms with van der Waals surface area (Å²) in [7, 11) is 0. The summed E-state index contributed by atoms with van der Waals surface area (Å²) in [5, 5.41) is 3.33. The Balaban J connectivity index is 1.91. The van der Waals surface area contributed by atoms with Gasteiger partial charge in [0, 0.05) is 24.2 Å². The molecule has 0 bridgehead atoms. The number of nitrogens with one attached hydrogen (secondary N) is 1. The number of hydrogen-bond donors (Lipinski definition) is 1. The van der Waals surface area contributed by atoms with Crippen LogP contribution in [0.3, 0.4) is 0 Å². The van der Waals surface area contributed by atoms with Crippen LogP contribution in [0.2, 0.25) is 0 Å². The van der Waals surface area contributed by atoms with Crippen molar-refractivity contribution in [3.63, 3.8) is 0 Å². The van der Waals surface area contributed by atoms with Crippen LogP contribution in [-0.2, 0) is 4.74 Å². The Kier molecular flexibility index (Phi) is 8.90. The van der Waals surface area contributed by atoms with E-state index in [1.54, 1.807) is 0 Å². The first kappa shape index (κ1) is 15.5. The lowest BCUT2D eigenvalue weighted by atomic mass is 10.3. The summed E-state index contributed by atoms with van der Waals surface area (Å²) in [4.78, 5) is 0. The zero-order valence-corrected chi connectivity index (χ0v) is 12.5. The van der Waals surface area contributed by atoms with Crippen molar-refractivity contribution in [3.8, 4) is 5.75 Å². The van der Waals surface area contributed by atoms with E-state index in [4.69, 9.17) is 9.47 Å². The van der Waals surface area contributed by atoms with Crippen LogP contribution in [0.4, 0.5) is 0 Å². The minimum atomic E-state index is 0.692. The molecule has 4 heteroatoms. The molecule has 3 nitrogen and oxygen atoms in total. The lowest BCUT2D eigenvalue weighted by molar-refractivity contribution is 0.132. The van der Waals surface area contributed by atoms with Crippen LogP contribution in [0.15, 0.2) is 28.7 Å². The fraction of sp³-hybridized carbons (Fsp3) is 0.571. The van der Waals surface area contributed by atoms with Gasteiger partial charge in [0.05, 0.1) is 0 Å². The van der Waals surface area contributed by atoms with E-state index in [0.717, 1.165) is 49.4 Å². The Morgan fingerprint density at radius 1 is 1.06 bits per heavy atom. The van der Waals surface area contributed by atoms with Crippen molar-refractivity contribution < 1.29 is 9.47 Å². The number of halogens is 1. The largest absolute Gasteiger partial charge is 0.492 e. The van der Waals surface area contributed by atoms with Crippen molar-refractivity contribution in [2.45, 2.75) is 19.8 Å². The molecule has 0 fully saturated rings. The maximum atomic E-state index is 5.59. The molecule has 0 saturated carbocycles. The Morgan fingerprint density at radius 3 is 2.56 bits per heavy atom. The molecule has 0 atom stereocenters. The molecule has 0 saturated heterocycles.